The summed E-state index contributed by atoms with van der Waals surface area (Å²) in [5, 5.41) is 8.99. The fraction of sp³-hybridized carbons (Fsp3) is 0.0714. The van der Waals surface area contributed by atoms with Crippen molar-refractivity contribution in [1.29, 1.82) is 5.26 Å². The first-order valence-corrected chi connectivity index (χ1v) is 8.00. The number of para-hydroxylation sites is 1. The molecular formula is C14H11BrN2O2S. The van der Waals surface area contributed by atoms with Crippen LogP contribution < -0.4 is 4.72 Å². The lowest BCUT2D eigenvalue weighted by Crippen LogP contribution is -2.15. The Bertz CT molecular complexity index is 795. The topological polar surface area (TPSA) is 70.0 Å². The van der Waals surface area contributed by atoms with Gasteiger partial charge < -0.3 is 0 Å². The van der Waals surface area contributed by atoms with Crippen LogP contribution in [0.5, 0.6) is 0 Å². The van der Waals surface area contributed by atoms with Crippen molar-refractivity contribution in [1.82, 2.24) is 0 Å². The first-order valence-electron chi connectivity index (χ1n) is 5.72. The maximum Gasteiger partial charge on any atom is 0.262 e. The van der Waals surface area contributed by atoms with E-state index in [1.807, 2.05) is 6.07 Å². The summed E-state index contributed by atoms with van der Waals surface area (Å²) in [6, 6.07) is 13.5. The van der Waals surface area contributed by atoms with Gasteiger partial charge in [-0.1, -0.05) is 34.1 Å². The molecule has 20 heavy (non-hydrogen) atoms. The standard InChI is InChI=1S/C14H11BrN2O2S/c1-10-6-7-12(15)8-14(10)20(18,19)17-13-5-3-2-4-11(13)9-16/h2-8,17H,1H3. The van der Waals surface area contributed by atoms with E-state index < -0.39 is 10.0 Å². The zero-order valence-corrected chi connectivity index (χ0v) is 13.0. The van der Waals surface area contributed by atoms with E-state index in [1.165, 1.54) is 6.07 Å². The van der Waals surface area contributed by atoms with Crippen LogP contribution in [0.2, 0.25) is 0 Å². The quantitative estimate of drug-likeness (QED) is 0.921. The van der Waals surface area contributed by atoms with Gasteiger partial charge in [0.25, 0.3) is 10.0 Å². The van der Waals surface area contributed by atoms with Crippen molar-refractivity contribution in [3.05, 3.63) is 58.1 Å². The first kappa shape index (κ1) is 14.6. The van der Waals surface area contributed by atoms with Crippen LogP contribution in [0, 0.1) is 18.3 Å². The molecule has 0 amide bonds. The lowest BCUT2D eigenvalue weighted by Gasteiger charge is -2.11. The first-order chi connectivity index (χ1) is 9.44. The Morgan fingerprint density at radius 3 is 2.60 bits per heavy atom. The fourth-order valence-corrected chi connectivity index (χ4v) is 3.60. The SMILES string of the molecule is Cc1ccc(Br)cc1S(=O)(=O)Nc1ccccc1C#N. The number of nitrogens with zero attached hydrogens (tertiary/aromatic N) is 1. The Morgan fingerprint density at radius 2 is 1.90 bits per heavy atom. The Labute approximate surface area is 126 Å². The van der Waals surface area contributed by atoms with Crippen LogP contribution in [0.3, 0.4) is 0 Å². The van der Waals surface area contributed by atoms with Crippen LogP contribution in [-0.2, 0) is 10.0 Å². The van der Waals surface area contributed by atoms with Gasteiger partial charge >= 0.3 is 0 Å². The van der Waals surface area contributed by atoms with Gasteiger partial charge in [0.05, 0.1) is 16.1 Å². The third-order valence-electron chi connectivity index (χ3n) is 2.73. The van der Waals surface area contributed by atoms with Gasteiger partial charge in [0.15, 0.2) is 0 Å². The molecule has 0 saturated heterocycles. The average molecular weight is 351 g/mol. The van der Waals surface area contributed by atoms with Gasteiger partial charge in [-0.15, -0.1) is 0 Å². The summed E-state index contributed by atoms with van der Waals surface area (Å²) in [6.45, 7) is 1.72. The van der Waals surface area contributed by atoms with Crippen LogP contribution in [-0.4, -0.2) is 8.42 Å². The zero-order valence-electron chi connectivity index (χ0n) is 10.6. The number of nitrogens with one attached hydrogen (secondary N) is 1. The van der Waals surface area contributed by atoms with Gasteiger partial charge in [-0.3, -0.25) is 4.72 Å². The van der Waals surface area contributed by atoms with Crippen LogP contribution in [0.15, 0.2) is 51.8 Å². The minimum Gasteiger partial charge on any atom is -0.278 e. The summed E-state index contributed by atoms with van der Waals surface area (Å²) < 4.78 is 27.9. The van der Waals surface area contributed by atoms with Crippen molar-refractivity contribution in [3.63, 3.8) is 0 Å². The van der Waals surface area contributed by atoms with E-state index in [1.54, 1.807) is 43.3 Å². The normalized spacial score (nSPS) is 10.8. The molecule has 102 valence electrons. The molecule has 0 saturated carbocycles. The van der Waals surface area contributed by atoms with Crippen molar-refractivity contribution >= 4 is 31.6 Å². The van der Waals surface area contributed by atoms with E-state index >= 15 is 0 Å². The monoisotopic (exact) mass is 350 g/mol. The largest absolute Gasteiger partial charge is 0.278 e. The number of halogens is 1. The number of anilines is 1. The summed E-state index contributed by atoms with van der Waals surface area (Å²) in [5.41, 5.74) is 1.19. The van der Waals surface area contributed by atoms with Gasteiger partial charge in [-0.05, 0) is 36.8 Å². The van der Waals surface area contributed by atoms with Crippen LogP contribution >= 0.6 is 15.9 Å². The molecule has 4 nitrogen and oxygen atoms in total. The molecule has 0 spiro atoms. The molecule has 0 bridgehead atoms. The molecule has 0 heterocycles. The lowest BCUT2D eigenvalue weighted by atomic mass is 10.2. The number of aryl methyl sites for hydroxylation is 1. The number of hydrogen-bond donors (Lipinski definition) is 1. The molecular weight excluding hydrogens is 340 g/mol. The molecule has 2 aromatic rings. The summed E-state index contributed by atoms with van der Waals surface area (Å²) in [5.74, 6) is 0. The van der Waals surface area contributed by atoms with Gasteiger partial charge in [0.1, 0.15) is 6.07 Å². The van der Waals surface area contributed by atoms with Crippen molar-refractivity contribution in [2.45, 2.75) is 11.8 Å². The highest BCUT2D eigenvalue weighted by atomic mass is 79.9. The molecule has 0 aliphatic rings. The molecule has 0 aromatic heterocycles. The third kappa shape index (κ3) is 3.00. The molecule has 0 radical (unpaired) electrons. The zero-order chi connectivity index (χ0) is 14.8. The molecule has 0 atom stereocenters. The molecule has 0 unspecified atom stereocenters. The maximum atomic E-state index is 12.4. The predicted octanol–water partition coefficient (Wildman–Crippen LogP) is 3.43. The van der Waals surface area contributed by atoms with Gasteiger partial charge in [0.2, 0.25) is 0 Å². The highest BCUT2D eigenvalue weighted by Gasteiger charge is 2.18. The van der Waals surface area contributed by atoms with E-state index in [4.69, 9.17) is 5.26 Å². The minimum atomic E-state index is -3.73. The molecule has 6 heteroatoms. The van der Waals surface area contributed by atoms with Crippen LogP contribution in [0.1, 0.15) is 11.1 Å². The van der Waals surface area contributed by atoms with Crippen molar-refractivity contribution < 1.29 is 8.42 Å². The molecule has 0 fully saturated rings. The molecule has 1 N–H and O–H groups in total. The molecule has 2 aromatic carbocycles. The van der Waals surface area contributed by atoms with Crippen LogP contribution in [0.4, 0.5) is 5.69 Å². The van der Waals surface area contributed by atoms with Crippen molar-refractivity contribution in [3.8, 4) is 6.07 Å². The summed E-state index contributed by atoms with van der Waals surface area (Å²) in [7, 11) is -3.73. The van der Waals surface area contributed by atoms with E-state index in [9.17, 15) is 8.42 Å². The molecule has 0 aliphatic carbocycles. The molecule has 2 rings (SSSR count). The van der Waals surface area contributed by atoms with Crippen LogP contribution in [0.25, 0.3) is 0 Å². The third-order valence-corrected chi connectivity index (χ3v) is 4.73. The number of rotatable bonds is 3. The highest BCUT2D eigenvalue weighted by molar-refractivity contribution is 9.10. The number of nitriles is 1. The predicted molar refractivity (Wildman–Crippen MR) is 80.8 cm³/mol. The van der Waals surface area contributed by atoms with E-state index in [0.717, 1.165) is 0 Å². The Balaban J connectivity index is 2.47. The lowest BCUT2D eigenvalue weighted by molar-refractivity contribution is 0.600. The van der Waals surface area contributed by atoms with Gasteiger partial charge in [-0.2, -0.15) is 5.26 Å². The number of hydrogen-bond acceptors (Lipinski definition) is 3. The molecule has 0 aliphatic heterocycles. The summed E-state index contributed by atoms with van der Waals surface area (Å²) in [4.78, 5) is 0.180. The average Bonchev–Trinajstić information content (AvgIpc) is 2.41. The Kier molecular flexibility index (Phi) is 4.12. The number of sulfonamides is 1. The smallest absolute Gasteiger partial charge is 0.262 e. The highest BCUT2D eigenvalue weighted by Crippen LogP contribution is 2.24. The minimum absolute atomic E-state index is 0.180. The second kappa shape index (κ2) is 5.65. The maximum absolute atomic E-state index is 12.4. The number of benzene rings is 2. The fourth-order valence-electron chi connectivity index (χ4n) is 1.73. The second-order valence-electron chi connectivity index (χ2n) is 4.17. The summed E-state index contributed by atoms with van der Waals surface area (Å²) in [6.07, 6.45) is 0. The van der Waals surface area contributed by atoms with Crippen molar-refractivity contribution in [2.75, 3.05) is 4.72 Å². The van der Waals surface area contributed by atoms with Gasteiger partial charge in [0, 0.05) is 4.47 Å². The van der Waals surface area contributed by atoms with E-state index in [0.29, 0.717) is 10.0 Å². The van der Waals surface area contributed by atoms with E-state index in [-0.39, 0.29) is 16.1 Å². The Hall–Kier alpha value is -1.84. The Morgan fingerprint density at radius 1 is 1.20 bits per heavy atom. The van der Waals surface area contributed by atoms with Gasteiger partial charge in [-0.25, -0.2) is 8.42 Å². The van der Waals surface area contributed by atoms with Crippen molar-refractivity contribution in [2.24, 2.45) is 0 Å². The van der Waals surface area contributed by atoms with E-state index in [2.05, 4.69) is 20.7 Å². The second-order valence-corrected chi connectivity index (χ2v) is 6.74. The summed E-state index contributed by atoms with van der Waals surface area (Å²) >= 11 is 3.26.